The van der Waals surface area contributed by atoms with Gasteiger partial charge in [0.2, 0.25) is 10.0 Å². The molecular weight excluding hydrogens is 252 g/mol. The van der Waals surface area contributed by atoms with E-state index in [1.807, 2.05) is 0 Å². The first-order valence-corrected chi connectivity index (χ1v) is 7.48. The van der Waals surface area contributed by atoms with Crippen LogP contribution in [0.5, 0.6) is 5.75 Å². The fourth-order valence-electron chi connectivity index (χ4n) is 1.97. The van der Waals surface area contributed by atoms with Crippen LogP contribution in [0.25, 0.3) is 0 Å². The molecular formula is C12H18N2O3S. The van der Waals surface area contributed by atoms with Gasteiger partial charge in [-0.15, -0.1) is 0 Å². The summed E-state index contributed by atoms with van der Waals surface area (Å²) in [5.41, 5.74) is 0. The van der Waals surface area contributed by atoms with Crippen LogP contribution in [0.4, 0.5) is 0 Å². The molecule has 1 saturated heterocycles. The maximum atomic E-state index is 11.8. The molecule has 0 bridgehead atoms. The molecule has 1 atom stereocenters. The van der Waals surface area contributed by atoms with Gasteiger partial charge in [0.1, 0.15) is 10.6 Å². The molecule has 100 valence electrons. The molecule has 0 amide bonds. The van der Waals surface area contributed by atoms with Crippen LogP contribution in [0, 0.1) is 5.92 Å². The second kappa shape index (κ2) is 5.69. The van der Waals surface area contributed by atoms with E-state index in [9.17, 15) is 8.42 Å². The molecule has 1 aromatic carbocycles. The summed E-state index contributed by atoms with van der Waals surface area (Å²) < 4.78 is 31.6. The largest absolute Gasteiger partial charge is 0.492 e. The van der Waals surface area contributed by atoms with E-state index >= 15 is 0 Å². The van der Waals surface area contributed by atoms with Gasteiger partial charge in [-0.2, -0.15) is 0 Å². The van der Waals surface area contributed by atoms with Crippen molar-refractivity contribution in [3.8, 4) is 5.75 Å². The molecule has 0 aliphatic carbocycles. The van der Waals surface area contributed by atoms with Gasteiger partial charge in [-0.05, 0) is 32.1 Å². The minimum Gasteiger partial charge on any atom is -0.492 e. The number of benzene rings is 1. The Labute approximate surface area is 108 Å². The maximum absolute atomic E-state index is 11.8. The van der Waals surface area contributed by atoms with Crippen molar-refractivity contribution in [1.82, 2.24) is 10.0 Å². The first-order chi connectivity index (χ1) is 8.63. The Morgan fingerprint density at radius 3 is 2.89 bits per heavy atom. The van der Waals surface area contributed by atoms with E-state index in [-0.39, 0.29) is 4.90 Å². The lowest BCUT2D eigenvalue weighted by Crippen LogP contribution is -2.21. The third kappa shape index (κ3) is 3.01. The predicted octanol–water partition coefficient (Wildman–Crippen LogP) is 0.583. The average molecular weight is 270 g/mol. The van der Waals surface area contributed by atoms with E-state index in [0.29, 0.717) is 18.3 Å². The van der Waals surface area contributed by atoms with Crippen molar-refractivity contribution in [1.29, 1.82) is 0 Å². The van der Waals surface area contributed by atoms with E-state index in [1.54, 1.807) is 24.3 Å². The lowest BCUT2D eigenvalue weighted by atomic mass is 10.1. The van der Waals surface area contributed by atoms with Crippen molar-refractivity contribution in [2.24, 2.45) is 5.92 Å². The highest BCUT2D eigenvalue weighted by Crippen LogP contribution is 2.24. The zero-order chi connectivity index (χ0) is 13.0. The minimum absolute atomic E-state index is 0.193. The normalized spacial score (nSPS) is 19.9. The van der Waals surface area contributed by atoms with Gasteiger partial charge in [0.15, 0.2) is 0 Å². The number of hydrogen-bond donors (Lipinski definition) is 2. The third-order valence-electron chi connectivity index (χ3n) is 3.04. The van der Waals surface area contributed by atoms with Crippen LogP contribution in [0.1, 0.15) is 6.42 Å². The molecule has 18 heavy (non-hydrogen) atoms. The summed E-state index contributed by atoms with van der Waals surface area (Å²) in [6, 6.07) is 6.70. The molecule has 5 nitrogen and oxygen atoms in total. The number of nitrogens with one attached hydrogen (secondary N) is 2. The molecule has 1 fully saturated rings. The van der Waals surface area contributed by atoms with Crippen LogP contribution in [0.15, 0.2) is 29.2 Å². The van der Waals surface area contributed by atoms with Crippen molar-refractivity contribution >= 4 is 10.0 Å². The van der Waals surface area contributed by atoms with Crippen molar-refractivity contribution in [2.45, 2.75) is 11.3 Å². The van der Waals surface area contributed by atoms with Crippen molar-refractivity contribution < 1.29 is 13.2 Å². The molecule has 0 saturated carbocycles. The Morgan fingerprint density at radius 2 is 2.22 bits per heavy atom. The van der Waals surface area contributed by atoms with E-state index in [2.05, 4.69) is 10.0 Å². The lowest BCUT2D eigenvalue weighted by molar-refractivity contribution is 0.254. The lowest BCUT2D eigenvalue weighted by Gasteiger charge is -2.14. The maximum Gasteiger partial charge on any atom is 0.243 e. The Morgan fingerprint density at radius 1 is 1.44 bits per heavy atom. The average Bonchev–Trinajstić information content (AvgIpc) is 2.90. The number of rotatable bonds is 5. The Balaban J connectivity index is 2.12. The van der Waals surface area contributed by atoms with E-state index in [1.165, 1.54) is 7.05 Å². The van der Waals surface area contributed by atoms with E-state index < -0.39 is 10.0 Å². The fraction of sp³-hybridized carbons (Fsp3) is 0.500. The third-order valence-corrected chi connectivity index (χ3v) is 4.50. The smallest absolute Gasteiger partial charge is 0.243 e. The van der Waals surface area contributed by atoms with Gasteiger partial charge in [-0.3, -0.25) is 0 Å². The molecule has 0 radical (unpaired) electrons. The molecule has 1 heterocycles. The van der Waals surface area contributed by atoms with Crippen molar-refractivity contribution in [2.75, 3.05) is 26.7 Å². The second-order valence-electron chi connectivity index (χ2n) is 4.32. The number of sulfonamides is 1. The highest BCUT2D eigenvalue weighted by Gasteiger charge is 2.19. The molecule has 2 rings (SSSR count). The first-order valence-electron chi connectivity index (χ1n) is 5.99. The standard InChI is InChI=1S/C12H18N2O3S/c1-13-18(15,16)12-5-3-2-4-11(12)17-9-10-6-7-14-8-10/h2-5,10,13-14H,6-9H2,1H3. The number of ether oxygens (including phenoxy) is 1. The van der Waals surface area contributed by atoms with E-state index in [4.69, 9.17) is 4.74 Å². The summed E-state index contributed by atoms with van der Waals surface area (Å²) in [6.07, 6.45) is 1.07. The predicted molar refractivity (Wildman–Crippen MR) is 69.2 cm³/mol. The summed E-state index contributed by atoms with van der Waals surface area (Å²) in [4.78, 5) is 0.193. The van der Waals surface area contributed by atoms with Crippen LogP contribution in [-0.4, -0.2) is 35.2 Å². The summed E-state index contributed by atoms with van der Waals surface area (Å²) in [5, 5.41) is 3.25. The van der Waals surface area contributed by atoms with Crippen LogP contribution >= 0.6 is 0 Å². The zero-order valence-electron chi connectivity index (χ0n) is 10.3. The molecule has 2 N–H and O–H groups in total. The highest BCUT2D eigenvalue weighted by molar-refractivity contribution is 7.89. The molecule has 1 aliphatic heterocycles. The van der Waals surface area contributed by atoms with Crippen LogP contribution in [-0.2, 0) is 10.0 Å². The molecule has 1 aromatic rings. The van der Waals surface area contributed by atoms with Crippen LogP contribution < -0.4 is 14.8 Å². The Bertz CT molecular complexity index is 496. The second-order valence-corrected chi connectivity index (χ2v) is 6.18. The Kier molecular flexibility index (Phi) is 4.21. The summed E-state index contributed by atoms with van der Waals surface area (Å²) in [6.45, 7) is 2.48. The Hall–Kier alpha value is -1.11. The summed E-state index contributed by atoms with van der Waals surface area (Å²) in [7, 11) is -2.07. The quantitative estimate of drug-likeness (QED) is 0.821. The number of hydrogen-bond acceptors (Lipinski definition) is 4. The van der Waals surface area contributed by atoms with Crippen molar-refractivity contribution in [3.05, 3.63) is 24.3 Å². The monoisotopic (exact) mass is 270 g/mol. The molecule has 0 aromatic heterocycles. The molecule has 1 aliphatic rings. The van der Waals surface area contributed by atoms with Gasteiger partial charge in [-0.25, -0.2) is 13.1 Å². The SMILES string of the molecule is CNS(=O)(=O)c1ccccc1OCC1CCNC1. The van der Waals surface area contributed by atoms with Crippen molar-refractivity contribution in [3.63, 3.8) is 0 Å². The minimum atomic E-state index is -3.47. The highest BCUT2D eigenvalue weighted by atomic mass is 32.2. The van der Waals surface area contributed by atoms with Gasteiger partial charge in [-0.1, -0.05) is 12.1 Å². The zero-order valence-corrected chi connectivity index (χ0v) is 11.2. The van der Waals surface area contributed by atoms with Gasteiger partial charge < -0.3 is 10.1 Å². The summed E-state index contributed by atoms with van der Waals surface area (Å²) in [5.74, 6) is 0.870. The van der Waals surface area contributed by atoms with E-state index in [0.717, 1.165) is 19.5 Å². The molecule has 6 heteroatoms. The topological polar surface area (TPSA) is 67.4 Å². The fourth-order valence-corrected chi connectivity index (χ4v) is 2.84. The van der Waals surface area contributed by atoms with Crippen LogP contribution in [0.3, 0.4) is 0 Å². The van der Waals surface area contributed by atoms with Gasteiger partial charge >= 0.3 is 0 Å². The van der Waals surface area contributed by atoms with Crippen LogP contribution in [0.2, 0.25) is 0 Å². The summed E-state index contributed by atoms with van der Waals surface area (Å²) >= 11 is 0. The molecule has 1 unspecified atom stereocenters. The molecule has 0 spiro atoms. The first kappa shape index (κ1) is 13.3. The van der Waals surface area contributed by atoms with Gasteiger partial charge in [0.25, 0.3) is 0 Å². The van der Waals surface area contributed by atoms with Gasteiger partial charge in [0.05, 0.1) is 6.61 Å². The van der Waals surface area contributed by atoms with Gasteiger partial charge in [0, 0.05) is 12.5 Å². The number of para-hydroxylation sites is 1.